The van der Waals surface area contributed by atoms with Gasteiger partial charge in [0.2, 0.25) is 0 Å². The molecule has 3 heteroatoms. The van der Waals surface area contributed by atoms with Crippen molar-refractivity contribution in [3.8, 4) is 0 Å². The Hall–Kier alpha value is -1.45. The van der Waals surface area contributed by atoms with Gasteiger partial charge in [-0.2, -0.15) is 0 Å². The molecular formula is C18H24N2O. The van der Waals surface area contributed by atoms with Crippen LogP contribution in [-0.4, -0.2) is 24.7 Å². The summed E-state index contributed by atoms with van der Waals surface area (Å²) in [6.45, 7) is 5.04. The van der Waals surface area contributed by atoms with E-state index in [0.717, 1.165) is 26.2 Å². The Morgan fingerprint density at radius 2 is 2.33 bits per heavy atom. The first-order valence-corrected chi connectivity index (χ1v) is 8.04. The molecule has 112 valence electrons. The smallest absolute Gasteiger partial charge is 0.0512 e. The largest absolute Gasteiger partial charge is 0.381 e. The number of pyridine rings is 1. The minimum atomic E-state index is 0.372. The molecule has 0 radical (unpaired) electrons. The first-order valence-electron chi connectivity index (χ1n) is 8.04. The Balaban J connectivity index is 1.96. The van der Waals surface area contributed by atoms with Gasteiger partial charge in [0, 0.05) is 36.3 Å². The van der Waals surface area contributed by atoms with Crippen molar-refractivity contribution >= 4 is 10.8 Å². The Kier molecular flexibility index (Phi) is 4.84. The predicted octanol–water partition coefficient (Wildman–Crippen LogP) is 3.70. The van der Waals surface area contributed by atoms with Gasteiger partial charge in [0.05, 0.1) is 6.61 Å². The lowest BCUT2D eigenvalue weighted by atomic mass is 9.86. The summed E-state index contributed by atoms with van der Waals surface area (Å²) < 4.78 is 5.72. The van der Waals surface area contributed by atoms with Gasteiger partial charge >= 0.3 is 0 Å². The molecule has 0 spiro atoms. The van der Waals surface area contributed by atoms with Gasteiger partial charge in [-0.15, -0.1) is 0 Å². The van der Waals surface area contributed by atoms with E-state index in [1.807, 2.05) is 12.4 Å². The number of hydrogen-bond donors (Lipinski definition) is 1. The quantitative estimate of drug-likeness (QED) is 0.909. The summed E-state index contributed by atoms with van der Waals surface area (Å²) in [4.78, 5) is 4.24. The highest BCUT2D eigenvalue weighted by Gasteiger charge is 2.26. The van der Waals surface area contributed by atoms with Crippen LogP contribution in [-0.2, 0) is 4.74 Å². The van der Waals surface area contributed by atoms with Crippen molar-refractivity contribution in [2.45, 2.75) is 32.2 Å². The Morgan fingerprint density at radius 1 is 1.38 bits per heavy atom. The molecule has 2 heterocycles. The summed E-state index contributed by atoms with van der Waals surface area (Å²) in [6.07, 6.45) is 7.40. The van der Waals surface area contributed by atoms with Crippen molar-refractivity contribution in [2.24, 2.45) is 5.92 Å². The van der Waals surface area contributed by atoms with Crippen molar-refractivity contribution in [1.29, 1.82) is 0 Å². The number of aromatic nitrogens is 1. The monoisotopic (exact) mass is 284 g/mol. The lowest BCUT2D eigenvalue weighted by Gasteiger charge is -2.32. The molecule has 1 saturated heterocycles. The topological polar surface area (TPSA) is 34.2 Å². The molecule has 1 aliphatic heterocycles. The lowest BCUT2D eigenvalue weighted by molar-refractivity contribution is 0.0392. The molecule has 3 nitrogen and oxygen atoms in total. The molecule has 0 amide bonds. The Morgan fingerprint density at radius 3 is 3.14 bits per heavy atom. The minimum absolute atomic E-state index is 0.372. The minimum Gasteiger partial charge on any atom is -0.381 e. The average Bonchev–Trinajstić information content (AvgIpc) is 2.56. The second-order valence-corrected chi connectivity index (χ2v) is 5.85. The Labute approximate surface area is 126 Å². The highest BCUT2D eigenvalue weighted by Crippen LogP contribution is 2.32. The second kappa shape index (κ2) is 7.01. The third-order valence-corrected chi connectivity index (χ3v) is 4.33. The number of fused-ring (bicyclic) bond motifs is 1. The third-order valence-electron chi connectivity index (χ3n) is 4.33. The summed E-state index contributed by atoms with van der Waals surface area (Å²) in [6, 6.07) is 9.04. The van der Waals surface area contributed by atoms with Gasteiger partial charge in [0.25, 0.3) is 0 Å². The van der Waals surface area contributed by atoms with Crippen molar-refractivity contribution in [3.05, 3.63) is 42.2 Å². The van der Waals surface area contributed by atoms with Crippen molar-refractivity contribution in [1.82, 2.24) is 10.3 Å². The maximum absolute atomic E-state index is 5.72. The van der Waals surface area contributed by atoms with E-state index in [-0.39, 0.29) is 0 Å². The SMILES string of the molecule is CCCNC(c1cccc2cnccc12)C1CCCOC1. The summed E-state index contributed by atoms with van der Waals surface area (Å²) in [5.41, 5.74) is 1.39. The number of hydrogen-bond acceptors (Lipinski definition) is 3. The van der Waals surface area contributed by atoms with Crippen LogP contribution >= 0.6 is 0 Å². The fraction of sp³-hybridized carbons (Fsp3) is 0.500. The average molecular weight is 284 g/mol. The van der Waals surface area contributed by atoms with E-state index in [4.69, 9.17) is 4.74 Å². The normalized spacial score (nSPS) is 20.5. The van der Waals surface area contributed by atoms with Crippen LogP contribution in [0.25, 0.3) is 10.8 Å². The van der Waals surface area contributed by atoms with Gasteiger partial charge in [-0.05, 0) is 42.8 Å². The van der Waals surface area contributed by atoms with Crippen LogP contribution in [0.5, 0.6) is 0 Å². The molecule has 0 bridgehead atoms. The van der Waals surface area contributed by atoms with Crippen LogP contribution in [0.2, 0.25) is 0 Å². The van der Waals surface area contributed by atoms with Gasteiger partial charge in [-0.25, -0.2) is 0 Å². The molecular weight excluding hydrogens is 260 g/mol. The molecule has 2 unspecified atom stereocenters. The van der Waals surface area contributed by atoms with Gasteiger partial charge < -0.3 is 10.1 Å². The number of nitrogens with one attached hydrogen (secondary N) is 1. The van der Waals surface area contributed by atoms with Crippen LogP contribution < -0.4 is 5.32 Å². The van der Waals surface area contributed by atoms with Crippen LogP contribution in [0.15, 0.2) is 36.7 Å². The van der Waals surface area contributed by atoms with E-state index in [1.54, 1.807) is 0 Å². The first kappa shape index (κ1) is 14.5. The molecule has 1 aliphatic rings. The van der Waals surface area contributed by atoms with Gasteiger partial charge in [0.1, 0.15) is 0 Å². The maximum Gasteiger partial charge on any atom is 0.0512 e. The lowest BCUT2D eigenvalue weighted by Crippen LogP contribution is -2.34. The zero-order valence-electron chi connectivity index (χ0n) is 12.7. The van der Waals surface area contributed by atoms with Crippen LogP contribution in [0, 0.1) is 5.92 Å². The van der Waals surface area contributed by atoms with Crippen LogP contribution in [0.1, 0.15) is 37.8 Å². The summed E-state index contributed by atoms with van der Waals surface area (Å²) in [5.74, 6) is 0.559. The van der Waals surface area contributed by atoms with E-state index in [1.165, 1.54) is 29.2 Å². The number of rotatable bonds is 5. The molecule has 0 aliphatic carbocycles. The second-order valence-electron chi connectivity index (χ2n) is 5.85. The van der Waals surface area contributed by atoms with Gasteiger partial charge in [-0.1, -0.05) is 25.1 Å². The van der Waals surface area contributed by atoms with Crippen LogP contribution in [0.3, 0.4) is 0 Å². The molecule has 2 atom stereocenters. The fourth-order valence-corrected chi connectivity index (χ4v) is 3.28. The molecule has 0 saturated carbocycles. The van der Waals surface area contributed by atoms with E-state index in [0.29, 0.717) is 12.0 Å². The summed E-state index contributed by atoms with van der Waals surface area (Å²) in [5, 5.41) is 6.28. The fourth-order valence-electron chi connectivity index (χ4n) is 3.28. The van der Waals surface area contributed by atoms with Crippen LogP contribution in [0.4, 0.5) is 0 Å². The van der Waals surface area contributed by atoms with Gasteiger partial charge in [0.15, 0.2) is 0 Å². The van der Waals surface area contributed by atoms with E-state index < -0.39 is 0 Å². The van der Waals surface area contributed by atoms with E-state index >= 15 is 0 Å². The van der Waals surface area contributed by atoms with E-state index in [2.05, 4.69) is 41.5 Å². The molecule has 21 heavy (non-hydrogen) atoms. The highest BCUT2D eigenvalue weighted by molar-refractivity contribution is 5.85. The van der Waals surface area contributed by atoms with Crippen molar-refractivity contribution < 1.29 is 4.74 Å². The highest BCUT2D eigenvalue weighted by atomic mass is 16.5. The standard InChI is InChI=1S/C18H24N2O/c1-2-9-20-18(15-6-4-11-21-13-15)17-7-3-5-14-12-19-10-8-16(14)17/h3,5,7-8,10,12,15,18,20H,2,4,6,9,11,13H2,1H3. The number of ether oxygens (including phenoxy) is 1. The third kappa shape index (κ3) is 3.25. The van der Waals surface area contributed by atoms with Crippen molar-refractivity contribution in [2.75, 3.05) is 19.8 Å². The van der Waals surface area contributed by atoms with E-state index in [9.17, 15) is 0 Å². The molecule has 1 aromatic heterocycles. The Bertz CT molecular complexity index is 573. The molecule has 1 aromatic carbocycles. The summed E-state index contributed by atoms with van der Waals surface area (Å²) >= 11 is 0. The van der Waals surface area contributed by atoms with Crippen molar-refractivity contribution in [3.63, 3.8) is 0 Å². The molecule has 1 fully saturated rings. The zero-order chi connectivity index (χ0) is 14.5. The first-order chi connectivity index (χ1) is 10.4. The number of benzene rings is 1. The zero-order valence-corrected chi connectivity index (χ0v) is 12.7. The predicted molar refractivity (Wildman–Crippen MR) is 86.3 cm³/mol. The van der Waals surface area contributed by atoms with Gasteiger partial charge in [-0.3, -0.25) is 4.98 Å². The molecule has 1 N–H and O–H groups in total. The molecule has 3 rings (SSSR count). The maximum atomic E-state index is 5.72. The molecule has 2 aromatic rings. The summed E-state index contributed by atoms with van der Waals surface area (Å²) in [7, 11) is 0. The number of nitrogens with zero attached hydrogens (tertiary/aromatic N) is 1.